The number of rotatable bonds is 4. The summed E-state index contributed by atoms with van der Waals surface area (Å²) in [6, 6.07) is 5.74. The summed E-state index contributed by atoms with van der Waals surface area (Å²) in [7, 11) is 0. The Balaban J connectivity index is 1.69. The standard InChI is InChI=1S/C14H18N4O2/c1-8-2-3-11(20-8)7-16-13-6-12(17-14(15)18-13)9-4-10(19)5-9/h2-3,6,9-10,19H,4-5,7H2,1H3,(H3,15,16,17,18). The zero-order chi connectivity index (χ0) is 14.1. The van der Waals surface area contributed by atoms with E-state index in [9.17, 15) is 5.11 Å². The Morgan fingerprint density at radius 3 is 2.85 bits per heavy atom. The minimum Gasteiger partial charge on any atom is -0.465 e. The Labute approximate surface area is 117 Å². The van der Waals surface area contributed by atoms with Gasteiger partial charge in [-0.1, -0.05) is 0 Å². The molecule has 1 aliphatic rings. The number of anilines is 2. The number of nitrogens with one attached hydrogen (secondary N) is 1. The van der Waals surface area contributed by atoms with Crippen LogP contribution in [0.3, 0.4) is 0 Å². The van der Waals surface area contributed by atoms with E-state index in [1.54, 1.807) is 0 Å². The summed E-state index contributed by atoms with van der Waals surface area (Å²) < 4.78 is 5.49. The fraction of sp³-hybridized carbons (Fsp3) is 0.429. The van der Waals surface area contributed by atoms with E-state index in [-0.39, 0.29) is 18.0 Å². The van der Waals surface area contributed by atoms with Crippen molar-refractivity contribution in [3.05, 3.63) is 35.4 Å². The summed E-state index contributed by atoms with van der Waals surface area (Å²) in [5, 5.41) is 12.6. The van der Waals surface area contributed by atoms with Crippen LogP contribution in [0.2, 0.25) is 0 Å². The molecule has 0 amide bonds. The molecule has 106 valence electrons. The van der Waals surface area contributed by atoms with Gasteiger partial charge in [0.25, 0.3) is 0 Å². The van der Waals surface area contributed by atoms with Crippen LogP contribution in [0.15, 0.2) is 22.6 Å². The number of furan rings is 1. The van der Waals surface area contributed by atoms with Crippen LogP contribution in [0.5, 0.6) is 0 Å². The number of aryl methyl sites for hydroxylation is 1. The van der Waals surface area contributed by atoms with Gasteiger partial charge in [0.2, 0.25) is 5.95 Å². The molecule has 1 saturated carbocycles. The third kappa shape index (κ3) is 2.75. The van der Waals surface area contributed by atoms with Gasteiger partial charge in [0.15, 0.2) is 0 Å². The minimum absolute atomic E-state index is 0.210. The van der Waals surface area contributed by atoms with E-state index in [1.807, 2.05) is 25.1 Å². The first-order valence-electron chi connectivity index (χ1n) is 6.72. The molecular formula is C14H18N4O2. The van der Waals surface area contributed by atoms with Crippen molar-refractivity contribution in [1.29, 1.82) is 0 Å². The van der Waals surface area contributed by atoms with Crippen LogP contribution in [0.1, 0.15) is 36.0 Å². The average molecular weight is 274 g/mol. The molecule has 20 heavy (non-hydrogen) atoms. The first kappa shape index (κ1) is 12.9. The molecule has 0 aromatic carbocycles. The Kier molecular flexibility index (Phi) is 3.31. The topological polar surface area (TPSA) is 97.2 Å². The molecule has 2 heterocycles. The predicted molar refractivity (Wildman–Crippen MR) is 75.2 cm³/mol. The van der Waals surface area contributed by atoms with Crippen LogP contribution < -0.4 is 11.1 Å². The molecular weight excluding hydrogens is 256 g/mol. The lowest BCUT2D eigenvalue weighted by Gasteiger charge is -2.30. The van der Waals surface area contributed by atoms with Gasteiger partial charge in [-0.25, -0.2) is 4.98 Å². The fourth-order valence-corrected chi connectivity index (χ4v) is 2.37. The largest absolute Gasteiger partial charge is 0.465 e. The van der Waals surface area contributed by atoms with Crippen LogP contribution in [0.4, 0.5) is 11.8 Å². The monoisotopic (exact) mass is 274 g/mol. The van der Waals surface area contributed by atoms with Crippen molar-refractivity contribution < 1.29 is 9.52 Å². The van der Waals surface area contributed by atoms with E-state index in [0.717, 1.165) is 30.1 Å². The van der Waals surface area contributed by atoms with Crippen molar-refractivity contribution in [2.45, 2.75) is 38.3 Å². The number of nitrogens with two attached hydrogens (primary N) is 1. The average Bonchev–Trinajstić information content (AvgIpc) is 2.78. The molecule has 0 bridgehead atoms. The predicted octanol–water partition coefficient (Wildman–Crippen LogP) is 1.81. The molecule has 2 aromatic rings. The van der Waals surface area contributed by atoms with E-state index in [1.165, 1.54) is 0 Å². The van der Waals surface area contributed by atoms with Gasteiger partial charge in [-0.2, -0.15) is 4.98 Å². The van der Waals surface area contributed by atoms with Gasteiger partial charge >= 0.3 is 0 Å². The van der Waals surface area contributed by atoms with E-state index in [2.05, 4.69) is 15.3 Å². The maximum absolute atomic E-state index is 9.37. The van der Waals surface area contributed by atoms with Crippen LogP contribution in [-0.2, 0) is 6.54 Å². The number of nitrogen functional groups attached to an aromatic ring is 1. The normalized spacial score (nSPS) is 21.5. The quantitative estimate of drug-likeness (QED) is 0.786. The maximum atomic E-state index is 9.37. The molecule has 1 aliphatic carbocycles. The second-order valence-electron chi connectivity index (χ2n) is 5.22. The molecule has 0 atom stereocenters. The molecule has 1 fully saturated rings. The Morgan fingerprint density at radius 2 is 2.20 bits per heavy atom. The second kappa shape index (κ2) is 5.13. The van der Waals surface area contributed by atoms with Gasteiger partial charge in [0.05, 0.1) is 18.3 Å². The van der Waals surface area contributed by atoms with Crippen LogP contribution in [0, 0.1) is 6.92 Å². The first-order valence-corrected chi connectivity index (χ1v) is 6.72. The molecule has 2 aromatic heterocycles. The highest BCUT2D eigenvalue weighted by Gasteiger charge is 2.30. The van der Waals surface area contributed by atoms with Gasteiger partial charge in [-0.05, 0) is 31.9 Å². The third-order valence-electron chi connectivity index (χ3n) is 3.53. The molecule has 4 N–H and O–H groups in total. The summed E-state index contributed by atoms with van der Waals surface area (Å²) in [5.41, 5.74) is 6.63. The number of hydrogen-bond acceptors (Lipinski definition) is 6. The van der Waals surface area contributed by atoms with E-state index < -0.39 is 0 Å². The smallest absolute Gasteiger partial charge is 0.222 e. The van der Waals surface area contributed by atoms with Gasteiger partial charge in [0.1, 0.15) is 17.3 Å². The fourth-order valence-electron chi connectivity index (χ4n) is 2.37. The highest BCUT2D eigenvalue weighted by molar-refractivity contribution is 5.42. The molecule has 0 radical (unpaired) electrons. The summed E-state index contributed by atoms with van der Waals surface area (Å²) >= 11 is 0. The Bertz CT molecular complexity index is 605. The van der Waals surface area contributed by atoms with E-state index in [0.29, 0.717) is 12.4 Å². The summed E-state index contributed by atoms with van der Waals surface area (Å²) in [6.07, 6.45) is 1.28. The number of nitrogens with zero attached hydrogens (tertiary/aromatic N) is 2. The Morgan fingerprint density at radius 1 is 1.40 bits per heavy atom. The summed E-state index contributed by atoms with van der Waals surface area (Å²) in [6.45, 7) is 2.46. The van der Waals surface area contributed by atoms with Crippen molar-refractivity contribution in [3.63, 3.8) is 0 Å². The van der Waals surface area contributed by atoms with Crippen molar-refractivity contribution in [1.82, 2.24) is 9.97 Å². The van der Waals surface area contributed by atoms with Gasteiger partial charge in [-0.3, -0.25) is 0 Å². The van der Waals surface area contributed by atoms with Crippen LogP contribution in [0.25, 0.3) is 0 Å². The molecule has 3 rings (SSSR count). The van der Waals surface area contributed by atoms with Gasteiger partial charge in [-0.15, -0.1) is 0 Å². The molecule has 6 heteroatoms. The van der Waals surface area contributed by atoms with Crippen molar-refractivity contribution in [3.8, 4) is 0 Å². The Hall–Kier alpha value is -2.08. The zero-order valence-electron chi connectivity index (χ0n) is 11.3. The molecule has 0 aliphatic heterocycles. The lowest BCUT2D eigenvalue weighted by Crippen LogP contribution is -2.27. The van der Waals surface area contributed by atoms with Gasteiger partial charge in [0, 0.05) is 12.0 Å². The second-order valence-corrected chi connectivity index (χ2v) is 5.22. The van der Waals surface area contributed by atoms with Crippen molar-refractivity contribution in [2.75, 3.05) is 11.1 Å². The SMILES string of the molecule is Cc1ccc(CNc2cc(C3CC(O)C3)nc(N)n2)o1. The van der Waals surface area contributed by atoms with Crippen LogP contribution in [-0.4, -0.2) is 21.2 Å². The number of hydrogen-bond donors (Lipinski definition) is 3. The number of aromatic nitrogens is 2. The third-order valence-corrected chi connectivity index (χ3v) is 3.53. The molecule has 0 saturated heterocycles. The van der Waals surface area contributed by atoms with E-state index in [4.69, 9.17) is 10.2 Å². The zero-order valence-corrected chi connectivity index (χ0v) is 11.3. The maximum Gasteiger partial charge on any atom is 0.222 e. The first-order chi connectivity index (χ1) is 9.60. The highest BCUT2D eigenvalue weighted by atomic mass is 16.3. The molecule has 0 unspecified atom stereocenters. The van der Waals surface area contributed by atoms with E-state index >= 15 is 0 Å². The molecule has 6 nitrogen and oxygen atoms in total. The lowest BCUT2D eigenvalue weighted by atomic mass is 9.80. The minimum atomic E-state index is -0.210. The molecule has 0 spiro atoms. The van der Waals surface area contributed by atoms with Crippen molar-refractivity contribution in [2.24, 2.45) is 0 Å². The summed E-state index contributed by atoms with van der Waals surface area (Å²) in [5.74, 6) is 2.94. The van der Waals surface area contributed by atoms with Crippen molar-refractivity contribution >= 4 is 11.8 Å². The van der Waals surface area contributed by atoms with Gasteiger partial charge < -0.3 is 20.6 Å². The highest BCUT2D eigenvalue weighted by Crippen LogP contribution is 2.36. The van der Waals surface area contributed by atoms with Crippen LogP contribution >= 0.6 is 0 Å². The number of aliphatic hydroxyl groups excluding tert-OH is 1. The lowest BCUT2D eigenvalue weighted by molar-refractivity contribution is 0.0732. The summed E-state index contributed by atoms with van der Waals surface area (Å²) in [4.78, 5) is 8.41. The number of aliphatic hydroxyl groups is 1.